The van der Waals surface area contributed by atoms with Crippen LogP contribution in [0.3, 0.4) is 0 Å². The van der Waals surface area contributed by atoms with Crippen molar-refractivity contribution < 1.29 is 28.6 Å². The van der Waals surface area contributed by atoms with Crippen LogP contribution in [0, 0.1) is 0 Å². The van der Waals surface area contributed by atoms with Crippen LogP contribution in [0.25, 0.3) is 0 Å². The molecule has 0 saturated carbocycles. The van der Waals surface area contributed by atoms with Crippen molar-refractivity contribution in [2.24, 2.45) is 0 Å². The molecule has 0 fully saturated rings. The van der Waals surface area contributed by atoms with E-state index in [1.807, 2.05) is 0 Å². The molecule has 0 aromatic carbocycles. The predicted octanol–water partition coefficient (Wildman–Crippen LogP) is 15.6. The van der Waals surface area contributed by atoms with Gasteiger partial charge in [0.15, 0.2) is 6.10 Å². The van der Waals surface area contributed by atoms with E-state index >= 15 is 0 Å². The molecule has 0 aliphatic heterocycles. The van der Waals surface area contributed by atoms with Gasteiger partial charge in [0.1, 0.15) is 13.2 Å². The lowest BCUT2D eigenvalue weighted by Gasteiger charge is -2.18. The van der Waals surface area contributed by atoms with Crippen LogP contribution in [0.1, 0.15) is 258 Å². The molecule has 0 heterocycles. The molecule has 0 aromatic rings. The quantitative estimate of drug-likeness (QED) is 0.0265. The molecule has 328 valence electrons. The van der Waals surface area contributed by atoms with Gasteiger partial charge < -0.3 is 14.2 Å². The summed E-state index contributed by atoms with van der Waals surface area (Å²) in [7, 11) is 0. The summed E-state index contributed by atoms with van der Waals surface area (Å²) in [5, 5.41) is 0. The zero-order valence-corrected chi connectivity index (χ0v) is 37.4. The standard InChI is InChI=1S/C50H92O6/c1-4-7-10-13-16-19-22-24-25-27-28-31-34-37-40-43-49(52)55-46-47(45-54-48(51)42-39-36-33-30-21-18-15-12-9-6-3)56-50(53)44-41-38-35-32-29-26-23-20-17-14-11-8-5-2/h16,19,24-25,47H,4-15,17-18,20-23,26-46H2,1-3H3/b19-16-,25-24-/t47-/m1/s1. The van der Waals surface area contributed by atoms with Gasteiger partial charge in [0.25, 0.3) is 0 Å². The summed E-state index contributed by atoms with van der Waals surface area (Å²) >= 11 is 0. The highest BCUT2D eigenvalue weighted by Crippen LogP contribution is 2.15. The van der Waals surface area contributed by atoms with Gasteiger partial charge >= 0.3 is 17.9 Å². The van der Waals surface area contributed by atoms with E-state index in [0.29, 0.717) is 19.3 Å². The molecule has 0 amide bonds. The Morgan fingerprint density at radius 1 is 0.357 bits per heavy atom. The van der Waals surface area contributed by atoms with Crippen molar-refractivity contribution in [3.05, 3.63) is 24.3 Å². The van der Waals surface area contributed by atoms with E-state index in [9.17, 15) is 14.4 Å². The lowest BCUT2D eigenvalue weighted by Crippen LogP contribution is -2.30. The summed E-state index contributed by atoms with van der Waals surface area (Å²) in [4.78, 5) is 37.8. The number of unbranched alkanes of at least 4 members (excludes halogenated alkanes) is 29. The number of allylic oxidation sites excluding steroid dienone is 4. The lowest BCUT2D eigenvalue weighted by atomic mass is 10.0. The van der Waals surface area contributed by atoms with Crippen molar-refractivity contribution in [1.82, 2.24) is 0 Å². The van der Waals surface area contributed by atoms with Crippen molar-refractivity contribution in [2.45, 2.75) is 264 Å². The van der Waals surface area contributed by atoms with Gasteiger partial charge in [0, 0.05) is 19.3 Å². The van der Waals surface area contributed by atoms with Crippen molar-refractivity contribution in [3.63, 3.8) is 0 Å². The number of esters is 3. The third-order valence-electron chi connectivity index (χ3n) is 10.7. The molecule has 0 bridgehead atoms. The Labute approximate surface area is 347 Å². The molecule has 0 radical (unpaired) electrons. The van der Waals surface area contributed by atoms with Crippen molar-refractivity contribution in [2.75, 3.05) is 13.2 Å². The highest BCUT2D eigenvalue weighted by molar-refractivity contribution is 5.71. The van der Waals surface area contributed by atoms with E-state index in [0.717, 1.165) is 77.0 Å². The minimum Gasteiger partial charge on any atom is -0.462 e. The van der Waals surface area contributed by atoms with Crippen LogP contribution in [0.4, 0.5) is 0 Å². The van der Waals surface area contributed by atoms with Crippen LogP contribution in [0.5, 0.6) is 0 Å². The molecule has 0 aromatic heterocycles. The molecule has 0 aliphatic carbocycles. The molecule has 0 rings (SSSR count). The van der Waals surface area contributed by atoms with Gasteiger partial charge in [-0.25, -0.2) is 0 Å². The van der Waals surface area contributed by atoms with Crippen molar-refractivity contribution in [1.29, 1.82) is 0 Å². The third-order valence-corrected chi connectivity index (χ3v) is 10.7. The molecule has 6 heteroatoms. The zero-order chi connectivity index (χ0) is 40.8. The van der Waals surface area contributed by atoms with Gasteiger partial charge in [-0.15, -0.1) is 0 Å². The molecule has 0 unspecified atom stereocenters. The van der Waals surface area contributed by atoms with Crippen molar-refractivity contribution >= 4 is 17.9 Å². The van der Waals surface area contributed by atoms with E-state index in [4.69, 9.17) is 14.2 Å². The van der Waals surface area contributed by atoms with Gasteiger partial charge in [-0.1, -0.05) is 212 Å². The largest absolute Gasteiger partial charge is 0.462 e. The number of rotatable bonds is 44. The third kappa shape index (κ3) is 43.0. The van der Waals surface area contributed by atoms with Crippen LogP contribution in [0.2, 0.25) is 0 Å². The van der Waals surface area contributed by atoms with Gasteiger partial charge in [0.05, 0.1) is 0 Å². The summed E-state index contributed by atoms with van der Waals surface area (Å²) in [6.45, 7) is 6.60. The molecular formula is C50H92O6. The minimum absolute atomic E-state index is 0.0715. The SMILES string of the molecule is CCCCC/C=C\C/C=C\CCCCCCCC(=O)OC[C@@H](COC(=O)CCCCCCCCCCCC)OC(=O)CCCCCCCCCCCCCCC. The summed E-state index contributed by atoms with van der Waals surface area (Å²) in [6.07, 6.45) is 50.1. The molecule has 0 N–H and O–H groups in total. The molecule has 56 heavy (non-hydrogen) atoms. The van der Waals surface area contributed by atoms with Gasteiger partial charge in [-0.2, -0.15) is 0 Å². The predicted molar refractivity (Wildman–Crippen MR) is 238 cm³/mol. The van der Waals surface area contributed by atoms with Crippen LogP contribution in [0.15, 0.2) is 24.3 Å². The second-order valence-corrected chi connectivity index (χ2v) is 16.4. The van der Waals surface area contributed by atoms with E-state index in [-0.39, 0.29) is 31.1 Å². The molecule has 0 saturated heterocycles. The Bertz CT molecular complexity index is 911. The summed E-state index contributed by atoms with van der Waals surface area (Å²) < 4.78 is 16.7. The molecular weight excluding hydrogens is 697 g/mol. The highest BCUT2D eigenvalue weighted by Gasteiger charge is 2.19. The Morgan fingerprint density at radius 3 is 1.02 bits per heavy atom. The fourth-order valence-electron chi connectivity index (χ4n) is 7.00. The lowest BCUT2D eigenvalue weighted by molar-refractivity contribution is -0.167. The van der Waals surface area contributed by atoms with E-state index in [2.05, 4.69) is 45.1 Å². The van der Waals surface area contributed by atoms with E-state index in [1.54, 1.807) is 0 Å². The first-order valence-corrected chi connectivity index (χ1v) is 24.3. The monoisotopic (exact) mass is 789 g/mol. The van der Waals surface area contributed by atoms with Gasteiger partial charge in [-0.3, -0.25) is 14.4 Å². The highest BCUT2D eigenvalue weighted by atomic mass is 16.6. The van der Waals surface area contributed by atoms with E-state index < -0.39 is 6.10 Å². The van der Waals surface area contributed by atoms with Crippen LogP contribution in [-0.4, -0.2) is 37.2 Å². The average Bonchev–Trinajstić information content (AvgIpc) is 3.19. The first-order chi connectivity index (χ1) is 27.5. The normalized spacial score (nSPS) is 12.1. The van der Waals surface area contributed by atoms with E-state index in [1.165, 1.54) is 141 Å². The Balaban J connectivity index is 4.35. The summed E-state index contributed by atoms with van der Waals surface area (Å²) in [6, 6.07) is 0. The summed E-state index contributed by atoms with van der Waals surface area (Å²) in [5.41, 5.74) is 0. The maximum absolute atomic E-state index is 12.7. The smallest absolute Gasteiger partial charge is 0.306 e. The summed E-state index contributed by atoms with van der Waals surface area (Å²) in [5.74, 6) is -0.878. The second-order valence-electron chi connectivity index (χ2n) is 16.4. The van der Waals surface area contributed by atoms with Crippen LogP contribution >= 0.6 is 0 Å². The number of carbonyl (C=O) groups is 3. The van der Waals surface area contributed by atoms with Crippen LogP contribution in [-0.2, 0) is 28.6 Å². The molecule has 0 aliphatic rings. The van der Waals surface area contributed by atoms with Gasteiger partial charge in [-0.05, 0) is 51.4 Å². The first kappa shape index (κ1) is 53.9. The number of hydrogen-bond donors (Lipinski definition) is 0. The average molecular weight is 789 g/mol. The minimum atomic E-state index is -0.769. The molecule has 0 spiro atoms. The zero-order valence-electron chi connectivity index (χ0n) is 37.4. The van der Waals surface area contributed by atoms with Crippen LogP contribution < -0.4 is 0 Å². The second kappa shape index (κ2) is 45.6. The fraction of sp³-hybridized carbons (Fsp3) is 0.860. The number of carbonyl (C=O) groups excluding carboxylic acids is 3. The van der Waals surface area contributed by atoms with Gasteiger partial charge in [0.2, 0.25) is 0 Å². The number of ether oxygens (including phenoxy) is 3. The topological polar surface area (TPSA) is 78.9 Å². The molecule has 6 nitrogen and oxygen atoms in total. The molecule has 1 atom stereocenters. The maximum atomic E-state index is 12.7. The van der Waals surface area contributed by atoms with Crippen molar-refractivity contribution in [3.8, 4) is 0 Å². The number of hydrogen-bond acceptors (Lipinski definition) is 6. The first-order valence-electron chi connectivity index (χ1n) is 24.3. The Hall–Kier alpha value is -2.11. The fourth-order valence-corrected chi connectivity index (χ4v) is 7.00. The maximum Gasteiger partial charge on any atom is 0.306 e. The Morgan fingerprint density at radius 2 is 0.643 bits per heavy atom. The Kier molecular flexibility index (Phi) is 43.9.